The minimum atomic E-state index is -4.52. The van der Waals surface area contributed by atoms with E-state index in [0.717, 1.165) is 18.9 Å². The average Bonchev–Trinajstić information content (AvgIpc) is 2.97. The van der Waals surface area contributed by atoms with Crippen molar-refractivity contribution in [2.75, 3.05) is 13.1 Å². The molecule has 1 unspecified atom stereocenters. The fourth-order valence-electron chi connectivity index (χ4n) is 3.40. The number of aryl methyl sites for hydroxylation is 1. The fraction of sp³-hybridized carbons (Fsp3) is 0.588. The van der Waals surface area contributed by atoms with Gasteiger partial charge in [0.15, 0.2) is 0 Å². The molecule has 0 aromatic carbocycles. The summed E-state index contributed by atoms with van der Waals surface area (Å²) in [4.78, 5) is 17.9. The van der Waals surface area contributed by atoms with Crippen molar-refractivity contribution in [2.45, 2.75) is 51.6 Å². The molecule has 1 aliphatic rings. The molecule has 3 heterocycles. The van der Waals surface area contributed by atoms with Gasteiger partial charge in [-0.15, -0.1) is 0 Å². The van der Waals surface area contributed by atoms with Crippen molar-refractivity contribution < 1.29 is 22.5 Å². The first-order valence-corrected chi connectivity index (χ1v) is 8.43. The number of amides is 1. The van der Waals surface area contributed by atoms with E-state index in [2.05, 4.69) is 10.1 Å². The van der Waals surface area contributed by atoms with Crippen LogP contribution < -0.4 is 0 Å². The lowest BCUT2D eigenvalue weighted by Crippen LogP contribution is -2.39. The molecule has 25 heavy (non-hydrogen) atoms. The molecule has 0 N–H and O–H groups in total. The number of rotatable bonds is 3. The van der Waals surface area contributed by atoms with Gasteiger partial charge in [0.1, 0.15) is 0 Å². The zero-order valence-electron chi connectivity index (χ0n) is 14.2. The highest BCUT2D eigenvalue weighted by atomic mass is 19.4. The number of alkyl halides is 3. The van der Waals surface area contributed by atoms with Gasteiger partial charge in [-0.3, -0.25) is 4.79 Å². The topological polar surface area (TPSA) is 59.2 Å². The van der Waals surface area contributed by atoms with Crippen LogP contribution >= 0.6 is 0 Å². The van der Waals surface area contributed by atoms with E-state index in [4.69, 9.17) is 4.52 Å². The Morgan fingerprint density at radius 1 is 1.44 bits per heavy atom. The summed E-state index contributed by atoms with van der Waals surface area (Å²) >= 11 is 0. The summed E-state index contributed by atoms with van der Waals surface area (Å²) in [7, 11) is 0. The van der Waals surface area contributed by atoms with E-state index < -0.39 is 11.7 Å². The van der Waals surface area contributed by atoms with E-state index in [1.807, 2.05) is 6.92 Å². The summed E-state index contributed by atoms with van der Waals surface area (Å²) in [6, 6.07) is 1.02. The number of aromatic nitrogens is 2. The first-order valence-electron chi connectivity index (χ1n) is 8.43. The average molecular weight is 355 g/mol. The second-order valence-corrected chi connectivity index (χ2v) is 6.49. The van der Waals surface area contributed by atoms with E-state index >= 15 is 0 Å². The van der Waals surface area contributed by atoms with E-state index in [0.29, 0.717) is 25.9 Å². The van der Waals surface area contributed by atoms with Crippen LogP contribution in [0.2, 0.25) is 0 Å². The molecule has 8 heteroatoms. The van der Waals surface area contributed by atoms with Crippen molar-refractivity contribution in [3.8, 4) is 0 Å². The number of likely N-dealkylation sites (tertiary alicyclic amines) is 1. The predicted octanol–water partition coefficient (Wildman–Crippen LogP) is 4.06. The molecular weight excluding hydrogens is 335 g/mol. The molecule has 0 bridgehead atoms. The molecule has 1 fully saturated rings. The van der Waals surface area contributed by atoms with E-state index in [-0.39, 0.29) is 34.3 Å². The Labute approximate surface area is 143 Å². The number of carbonyl (C=O) groups is 1. The van der Waals surface area contributed by atoms with Gasteiger partial charge < -0.3 is 9.42 Å². The van der Waals surface area contributed by atoms with Gasteiger partial charge >= 0.3 is 6.18 Å². The molecule has 2 aromatic heterocycles. The van der Waals surface area contributed by atoms with E-state index in [1.54, 1.807) is 4.90 Å². The molecule has 1 atom stereocenters. The molecule has 0 radical (unpaired) electrons. The number of nitrogens with zero attached hydrogens (tertiary/aromatic N) is 3. The molecule has 0 aliphatic carbocycles. The molecule has 0 spiro atoms. The van der Waals surface area contributed by atoms with Crippen LogP contribution in [0.3, 0.4) is 0 Å². The number of hydrogen-bond donors (Lipinski definition) is 0. The maximum atomic E-state index is 13.5. The predicted molar refractivity (Wildman–Crippen MR) is 85.0 cm³/mol. The first kappa shape index (κ1) is 17.7. The van der Waals surface area contributed by atoms with E-state index in [1.165, 1.54) is 6.92 Å². The van der Waals surface area contributed by atoms with Gasteiger partial charge in [-0.25, -0.2) is 4.98 Å². The lowest BCUT2D eigenvalue weighted by atomic mass is 9.91. The Morgan fingerprint density at radius 2 is 2.20 bits per heavy atom. The summed E-state index contributed by atoms with van der Waals surface area (Å²) < 4.78 is 45.5. The Kier molecular flexibility index (Phi) is 4.71. The Bertz CT molecular complexity index is 785. The summed E-state index contributed by atoms with van der Waals surface area (Å²) in [5.74, 6) is -0.244. The normalized spacial score (nSPS) is 18.8. The monoisotopic (exact) mass is 355 g/mol. The molecule has 0 saturated carbocycles. The third kappa shape index (κ3) is 3.48. The minimum Gasteiger partial charge on any atom is -0.342 e. The van der Waals surface area contributed by atoms with Gasteiger partial charge in [-0.05, 0) is 32.3 Å². The number of piperidine rings is 1. The zero-order chi connectivity index (χ0) is 18.2. The van der Waals surface area contributed by atoms with Crippen LogP contribution in [0.1, 0.15) is 55.5 Å². The molecule has 1 aliphatic heterocycles. The van der Waals surface area contributed by atoms with Gasteiger partial charge in [-0.1, -0.05) is 12.1 Å². The second-order valence-electron chi connectivity index (χ2n) is 6.49. The lowest BCUT2D eigenvalue weighted by molar-refractivity contribution is -0.136. The summed E-state index contributed by atoms with van der Waals surface area (Å²) in [6.45, 7) is 4.41. The number of halogens is 3. The molecule has 136 valence electrons. The number of pyridine rings is 1. The summed E-state index contributed by atoms with van der Waals surface area (Å²) in [5, 5.41) is 3.82. The van der Waals surface area contributed by atoms with Crippen molar-refractivity contribution in [1.29, 1.82) is 0 Å². The van der Waals surface area contributed by atoms with Crippen molar-refractivity contribution >= 4 is 17.0 Å². The van der Waals surface area contributed by atoms with Gasteiger partial charge in [-0.2, -0.15) is 13.2 Å². The van der Waals surface area contributed by atoms with Crippen molar-refractivity contribution in [3.63, 3.8) is 0 Å². The Morgan fingerprint density at radius 3 is 2.88 bits per heavy atom. The maximum Gasteiger partial charge on any atom is 0.417 e. The standard InChI is InChI=1S/C17H20F3N3O2/c1-3-5-13(24)23-7-4-6-11(9-23)15-14-12(17(18,19)20)8-10(2)21-16(14)25-22-15/h8,11H,3-7,9H2,1-2H3. The Balaban J connectivity index is 2.00. The van der Waals surface area contributed by atoms with Gasteiger partial charge in [0, 0.05) is 31.1 Å². The molecule has 2 aromatic rings. The van der Waals surface area contributed by atoms with Crippen LogP contribution in [-0.4, -0.2) is 34.0 Å². The number of fused-ring (bicyclic) bond motifs is 1. The van der Waals surface area contributed by atoms with Crippen LogP contribution in [0, 0.1) is 6.92 Å². The first-order chi connectivity index (χ1) is 11.8. The second kappa shape index (κ2) is 6.65. The van der Waals surface area contributed by atoms with Crippen LogP contribution in [0.4, 0.5) is 13.2 Å². The van der Waals surface area contributed by atoms with Crippen molar-refractivity contribution in [1.82, 2.24) is 15.0 Å². The minimum absolute atomic E-state index is 0.0324. The molecular formula is C17H20F3N3O2. The molecule has 5 nitrogen and oxygen atoms in total. The highest BCUT2D eigenvalue weighted by molar-refractivity contribution is 5.82. The van der Waals surface area contributed by atoms with Gasteiger partial charge in [0.2, 0.25) is 5.91 Å². The SMILES string of the molecule is CCCC(=O)N1CCCC(c2noc3nc(C)cc(C(F)(F)F)c23)C1. The van der Waals surface area contributed by atoms with Crippen LogP contribution in [0.25, 0.3) is 11.1 Å². The highest BCUT2D eigenvalue weighted by Gasteiger charge is 2.38. The maximum absolute atomic E-state index is 13.5. The van der Waals surface area contributed by atoms with Crippen LogP contribution in [0.5, 0.6) is 0 Å². The third-order valence-corrected chi connectivity index (χ3v) is 4.53. The number of carbonyl (C=O) groups excluding carboxylic acids is 1. The molecule has 1 amide bonds. The lowest BCUT2D eigenvalue weighted by Gasteiger charge is -2.32. The third-order valence-electron chi connectivity index (χ3n) is 4.53. The van der Waals surface area contributed by atoms with Gasteiger partial charge in [0.05, 0.1) is 16.6 Å². The highest BCUT2D eigenvalue weighted by Crippen LogP contribution is 2.40. The Hall–Kier alpha value is -2.12. The smallest absolute Gasteiger partial charge is 0.342 e. The molecule has 1 saturated heterocycles. The summed E-state index contributed by atoms with van der Waals surface area (Å²) in [6.07, 6.45) is -1.92. The van der Waals surface area contributed by atoms with E-state index in [9.17, 15) is 18.0 Å². The van der Waals surface area contributed by atoms with Crippen LogP contribution in [-0.2, 0) is 11.0 Å². The van der Waals surface area contributed by atoms with Gasteiger partial charge in [0.25, 0.3) is 5.71 Å². The van der Waals surface area contributed by atoms with Crippen LogP contribution in [0.15, 0.2) is 10.6 Å². The van der Waals surface area contributed by atoms with Crippen molar-refractivity contribution in [3.05, 3.63) is 23.0 Å². The fourth-order valence-corrected chi connectivity index (χ4v) is 3.40. The molecule has 3 rings (SSSR count). The quantitative estimate of drug-likeness (QED) is 0.833. The summed E-state index contributed by atoms with van der Waals surface area (Å²) in [5.41, 5.74) is -0.391. The largest absolute Gasteiger partial charge is 0.417 e. The van der Waals surface area contributed by atoms with Crippen molar-refractivity contribution in [2.24, 2.45) is 0 Å². The number of hydrogen-bond acceptors (Lipinski definition) is 4. The zero-order valence-corrected chi connectivity index (χ0v) is 14.2.